The molecular formula is C16H21FN2S. The van der Waals surface area contributed by atoms with Crippen LogP contribution in [0.25, 0.3) is 0 Å². The van der Waals surface area contributed by atoms with Crippen LogP contribution in [0.4, 0.5) is 4.39 Å². The molecule has 0 fully saturated rings. The predicted octanol–water partition coefficient (Wildman–Crippen LogP) is 4.43. The quantitative estimate of drug-likeness (QED) is 0.901. The van der Waals surface area contributed by atoms with Crippen molar-refractivity contribution in [2.45, 2.75) is 45.7 Å². The molecule has 0 amide bonds. The lowest BCUT2D eigenvalue weighted by molar-refractivity contribution is 0.551. The van der Waals surface area contributed by atoms with E-state index in [-0.39, 0.29) is 17.3 Å². The number of benzene rings is 1. The fourth-order valence-electron chi connectivity index (χ4n) is 1.88. The van der Waals surface area contributed by atoms with Crippen LogP contribution in [0.1, 0.15) is 50.0 Å². The highest BCUT2D eigenvalue weighted by molar-refractivity contribution is 7.09. The number of halogens is 1. The minimum absolute atomic E-state index is 0.0943. The van der Waals surface area contributed by atoms with Crippen LogP contribution in [0.5, 0.6) is 0 Å². The van der Waals surface area contributed by atoms with Gasteiger partial charge in [-0.15, -0.1) is 11.3 Å². The summed E-state index contributed by atoms with van der Waals surface area (Å²) in [6, 6.07) is 6.81. The molecule has 20 heavy (non-hydrogen) atoms. The van der Waals surface area contributed by atoms with Crippen LogP contribution >= 0.6 is 11.3 Å². The van der Waals surface area contributed by atoms with E-state index in [4.69, 9.17) is 0 Å². The van der Waals surface area contributed by atoms with Crippen molar-refractivity contribution in [2.75, 3.05) is 0 Å². The van der Waals surface area contributed by atoms with E-state index in [1.165, 1.54) is 6.07 Å². The first-order valence-corrected chi connectivity index (χ1v) is 7.68. The molecular weight excluding hydrogens is 271 g/mol. The molecule has 1 aromatic carbocycles. The van der Waals surface area contributed by atoms with Gasteiger partial charge < -0.3 is 5.32 Å². The number of rotatable bonds is 4. The van der Waals surface area contributed by atoms with E-state index in [9.17, 15) is 4.39 Å². The molecule has 2 aromatic rings. The first-order valence-electron chi connectivity index (χ1n) is 6.80. The zero-order chi connectivity index (χ0) is 14.8. The molecule has 2 rings (SSSR count). The van der Waals surface area contributed by atoms with Crippen LogP contribution in [0.2, 0.25) is 0 Å². The normalized spacial score (nSPS) is 13.4. The Hall–Kier alpha value is -1.26. The molecule has 1 N–H and O–H groups in total. The second kappa shape index (κ2) is 6.02. The lowest BCUT2D eigenvalue weighted by Crippen LogP contribution is -2.19. The Bertz CT molecular complexity index is 572. The molecule has 0 aliphatic heterocycles. The maximum absolute atomic E-state index is 13.2. The monoisotopic (exact) mass is 292 g/mol. The summed E-state index contributed by atoms with van der Waals surface area (Å²) in [7, 11) is 0. The predicted molar refractivity (Wildman–Crippen MR) is 82.5 cm³/mol. The summed E-state index contributed by atoms with van der Waals surface area (Å²) in [4.78, 5) is 4.65. The van der Waals surface area contributed by atoms with Crippen molar-refractivity contribution in [1.29, 1.82) is 0 Å². The average Bonchev–Trinajstić information content (AvgIpc) is 2.84. The van der Waals surface area contributed by atoms with Crippen LogP contribution in [0.15, 0.2) is 29.6 Å². The van der Waals surface area contributed by atoms with Crippen molar-refractivity contribution in [1.82, 2.24) is 10.3 Å². The molecule has 0 unspecified atom stereocenters. The van der Waals surface area contributed by atoms with E-state index in [0.717, 1.165) is 16.3 Å². The zero-order valence-corrected chi connectivity index (χ0v) is 13.2. The first-order chi connectivity index (χ1) is 9.36. The number of hydrogen-bond donors (Lipinski definition) is 1. The minimum Gasteiger partial charge on any atom is -0.305 e. The second-order valence-electron chi connectivity index (χ2n) is 6.05. The Labute approximate surface area is 124 Å². The molecule has 2 nitrogen and oxygen atoms in total. The molecule has 0 saturated carbocycles. The van der Waals surface area contributed by atoms with Crippen molar-refractivity contribution in [3.63, 3.8) is 0 Å². The van der Waals surface area contributed by atoms with Crippen LogP contribution < -0.4 is 5.32 Å². The first kappa shape index (κ1) is 15.1. The van der Waals surface area contributed by atoms with Gasteiger partial charge in [0.15, 0.2) is 0 Å². The molecule has 0 spiro atoms. The summed E-state index contributed by atoms with van der Waals surface area (Å²) in [5.41, 5.74) is 2.09. The van der Waals surface area contributed by atoms with Gasteiger partial charge >= 0.3 is 0 Å². The van der Waals surface area contributed by atoms with Gasteiger partial charge in [-0.1, -0.05) is 32.9 Å². The minimum atomic E-state index is -0.195. The Morgan fingerprint density at radius 2 is 2.10 bits per heavy atom. The molecule has 0 bridgehead atoms. The fourth-order valence-corrected chi connectivity index (χ4v) is 2.79. The highest BCUT2D eigenvalue weighted by Crippen LogP contribution is 2.25. The molecule has 0 saturated heterocycles. The highest BCUT2D eigenvalue weighted by Gasteiger charge is 2.18. The SMILES string of the molecule is C[C@@H](NCc1csc(C(C)(C)C)n1)c1cccc(F)c1. The molecule has 4 heteroatoms. The Morgan fingerprint density at radius 1 is 1.35 bits per heavy atom. The standard InChI is InChI=1S/C16H21FN2S/c1-11(12-6-5-7-13(17)8-12)18-9-14-10-20-15(19-14)16(2,3)4/h5-8,10-11,18H,9H2,1-4H3/t11-/m1/s1. The van der Waals surface area contributed by atoms with Crippen molar-refractivity contribution in [3.8, 4) is 0 Å². The van der Waals surface area contributed by atoms with Gasteiger partial charge in [-0.05, 0) is 24.6 Å². The van der Waals surface area contributed by atoms with Crippen LogP contribution in [-0.4, -0.2) is 4.98 Å². The van der Waals surface area contributed by atoms with E-state index in [2.05, 4.69) is 36.5 Å². The molecule has 0 aliphatic carbocycles. The number of aromatic nitrogens is 1. The summed E-state index contributed by atoms with van der Waals surface area (Å²) >= 11 is 1.70. The Morgan fingerprint density at radius 3 is 2.70 bits per heavy atom. The third-order valence-electron chi connectivity index (χ3n) is 3.13. The largest absolute Gasteiger partial charge is 0.305 e. The second-order valence-corrected chi connectivity index (χ2v) is 6.91. The van der Waals surface area contributed by atoms with E-state index in [1.54, 1.807) is 23.5 Å². The van der Waals surface area contributed by atoms with Crippen molar-refractivity contribution in [3.05, 3.63) is 51.7 Å². The average molecular weight is 292 g/mol. The number of hydrogen-bond acceptors (Lipinski definition) is 3. The van der Waals surface area contributed by atoms with Crippen LogP contribution in [0.3, 0.4) is 0 Å². The van der Waals surface area contributed by atoms with Gasteiger partial charge in [-0.25, -0.2) is 9.37 Å². The summed E-state index contributed by atoms with van der Waals surface area (Å²) in [5.74, 6) is -0.195. The molecule has 1 atom stereocenters. The Balaban J connectivity index is 1.97. The van der Waals surface area contributed by atoms with E-state index >= 15 is 0 Å². The van der Waals surface area contributed by atoms with E-state index in [0.29, 0.717) is 6.54 Å². The topological polar surface area (TPSA) is 24.9 Å². The maximum atomic E-state index is 13.2. The molecule has 1 heterocycles. The lowest BCUT2D eigenvalue weighted by Gasteiger charge is -2.14. The molecule has 1 aromatic heterocycles. The van der Waals surface area contributed by atoms with Crippen molar-refractivity contribution < 1.29 is 4.39 Å². The van der Waals surface area contributed by atoms with E-state index < -0.39 is 0 Å². The fraction of sp³-hybridized carbons (Fsp3) is 0.438. The highest BCUT2D eigenvalue weighted by atomic mass is 32.1. The van der Waals surface area contributed by atoms with Gasteiger partial charge in [-0.2, -0.15) is 0 Å². The smallest absolute Gasteiger partial charge is 0.123 e. The number of nitrogens with one attached hydrogen (secondary N) is 1. The molecule has 108 valence electrons. The van der Waals surface area contributed by atoms with Gasteiger partial charge in [0.25, 0.3) is 0 Å². The molecule has 0 radical (unpaired) electrons. The van der Waals surface area contributed by atoms with Gasteiger partial charge in [0.1, 0.15) is 5.82 Å². The van der Waals surface area contributed by atoms with Crippen molar-refractivity contribution in [2.24, 2.45) is 0 Å². The third kappa shape index (κ3) is 3.87. The molecule has 0 aliphatic rings. The zero-order valence-electron chi connectivity index (χ0n) is 12.4. The number of nitrogens with zero attached hydrogens (tertiary/aromatic N) is 1. The summed E-state index contributed by atoms with van der Waals surface area (Å²) in [6.45, 7) is 9.23. The van der Waals surface area contributed by atoms with Crippen LogP contribution in [0, 0.1) is 5.82 Å². The summed E-state index contributed by atoms with van der Waals surface area (Å²) < 4.78 is 13.2. The van der Waals surface area contributed by atoms with Crippen molar-refractivity contribution >= 4 is 11.3 Å². The summed E-state index contributed by atoms with van der Waals surface area (Å²) in [5, 5.41) is 6.62. The van der Waals surface area contributed by atoms with Gasteiger partial charge in [0.2, 0.25) is 0 Å². The lowest BCUT2D eigenvalue weighted by atomic mass is 9.98. The van der Waals surface area contributed by atoms with Gasteiger partial charge in [-0.3, -0.25) is 0 Å². The van der Waals surface area contributed by atoms with Gasteiger partial charge in [0, 0.05) is 23.4 Å². The number of thiazole rings is 1. The summed E-state index contributed by atoms with van der Waals surface area (Å²) in [6.07, 6.45) is 0. The maximum Gasteiger partial charge on any atom is 0.123 e. The third-order valence-corrected chi connectivity index (χ3v) is 4.45. The Kier molecular flexibility index (Phi) is 4.55. The van der Waals surface area contributed by atoms with Crippen LogP contribution in [-0.2, 0) is 12.0 Å². The van der Waals surface area contributed by atoms with E-state index in [1.807, 2.05) is 13.0 Å². The van der Waals surface area contributed by atoms with Gasteiger partial charge in [0.05, 0.1) is 10.7 Å².